The average Bonchev–Trinajstić information content (AvgIpc) is 3.33. The highest BCUT2D eigenvalue weighted by Crippen LogP contribution is 2.33. The molecule has 0 amide bonds. The highest BCUT2D eigenvalue weighted by Gasteiger charge is 2.34. The van der Waals surface area contributed by atoms with Gasteiger partial charge in [0.2, 0.25) is 10.0 Å². The van der Waals surface area contributed by atoms with Gasteiger partial charge in [-0.3, -0.25) is 0 Å². The monoisotopic (exact) mass is 373 g/mol. The van der Waals surface area contributed by atoms with Crippen molar-refractivity contribution in [2.75, 3.05) is 13.1 Å². The maximum Gasteiger partial charge on any atom is 0.243 e. The summed E-state index contributed by atoms with van der Waals surface area (Å²) in [6, 6.07) is 8.51. The third kappa shape index (κ3) is 2.93. The molecular weight excluding hydrogens is 354 g/mol. The van der Waals surface area contributed by atoms with E-state index in [9.17, 15) is 8.42 Å². The second-order valence-electron chi connectivity index (χ2n) is 6.38. The lowest BCUT2D eigenvalue weighted by Gasteiger charge is -2.31. The van der Waals surface area contributed by atoms with Crippen molar-refractivity contribution in [2.45, 2.75) is 23.7 Å². The SMILES string of the molecule is Cn1cnnc1C1CCCN(S(=O)(=O)c2ccccc2-c2ccno2)C1. The molecule has 0 N–H and O–H groups in total. The van der Waals surface area contributed by atoms with Gasteiger partial charge in [-0.15, -0.1) is 10.2 Å². The summed E-state index contributed by atoms with van der Waals surface area (Å²) < 4.78 is 35.2. The molecule has 1 atom stereocenters. The molecule has 0 bridgehead atoms. The van der Waals surface area contributed by atoms with E-state index in [0.29, 0.717) is 24.4 Å². The van der Waals surface area contributed by atoms with Gasteiger partial charge in [0.15, 0.2) is 5.76 Å². The number of sulfonamides is 1. The molecule has 2 aromatic heterocycles. The molecule has 1 unspecified atom stereocenters. The molecule has 0 saturated carbocycles. The normalized spacial score (nSPS) is 18.9. The van der Waals surface area contributed by atoms with Crippen molar-refractivity contribution < 1.29 is 12.9 Å². The van der Waals surface area contributed by atoms with E-state index in [1.807, 2.05) is 11.6 Å². The second kappa shape index (κ2) is 6.65. The van der Waals surface area contributed by atoms with Crippen LogP contribution in [0.4, 0.5) is 0 Å². The summed E-state index contributed by atoms with van der Waals surface area (Å²) >= 11 is 0. The molecule has 0 aliphatic carbocycles. The smallest absolute Gasteiger partial charge is 0.243 e. The number of hydrogen-bond donors (Lipinski definition) is 0. The molecule has 1 aliphatic heterocycles. The lowest BCUT2D eigenvalue weighted by Crippen LogP contribution is -2.39. The number of nitrogens with zero attached hydrogens (tertiary/aromatic N) is 5. The molecule has 1 saturated heterocycles. The Kier molecular flexibility index (Phi) is 4.33. The Hall–Kier alpha value is -2.52. The van der Waals surface area contributed by atoms with Gasteiger partial charge in [-0.1, -0.05) is 17.3 Å². The fourth-order valence-corrected chi connectivity index (χ4v) is 5.14. The first-order valence-corrected chi connectivity index (χ1v) is 9.85. The fraction of sp³-hybridized carbons (Fsp3) is 0.353. The third-order valence-electron chi connectivity index (χ3n) is 4.70. The molecule has 4 rings (SSSR count). The maximum absolute atomic E-state index is 13.3. The number of aryl methyl sites for hydroxylation is 1. The van der Waals surface area contributed by atoms with E-state index in [1.165, 1.54) is 10.5 Å². The van der Waals surface area contributed by atoms with Crippen LogP contribution in [0.1, 0.15) is 24.6 Å². The molecule has 1 aliphatic rings. The Morgan fingerprint density at radius 3 is 2.81 bits per heavy atom. The number of benzene rings is 1. The van der Waals surface area contributed by atoms with Crippen LogP contribution in [0, 0.1) is 0 Å². The first kappa shape index (κ1) is 16.9. The van der Waals surface area contributed by atoms with E-state index in [0.717, 1.165) is 18.7 Å². The van der Waals surface area contributed by atoms with Gasteiger partial charge in [0.05, 0.1) is 11.1 Å². The number of rotatable bonds is 4. The van der Waals surface area contributed by atoms with Gasteiger partial charge in [0, 0.05) is 37.7 Å². The minimum atomic E-state index is -3.67. The topological polar surface area (TPSA) is 94.1 Å². The van der Waals surface area contributed by atoms with E-state index < -0.39 is 10.0 Å². The summed E-state index contributed by atoms with van der Waals surface area (Å²) in [5.74, 6) is 1.28. The zero-order chi connectivity index (χ0) is 18.1. The molecule has 0 spiro atoms. The first-order chi connectivity index (χ1) is 12.6. The predicted octanol–water partition coefficient (Wildman–Crippen LogP) is 2.04. The van der Waals surface area contributed by atoms with Crippen molar-refractivity contribution >= 4 is 10.0 Å². The van der Waals surface area contributed by atoms with Gasteiger partial charge >= 0.3 is 0 Å². The van der Waals surface area contributed by atoms with Gasteiger partial charge in [0.25, 0.3) is 0 Å². The van der Waals surface area contributed by atoms with Crippen molar-refractivity contribution in [2.24, 2.45) is 7.05 Å². The minimum Gasteiger partial charge on any atom is -0.356 e. The van der Waals surface area contributed by atoms with E-state index in [4.69, 9.17) is 4.52 Å². The third-order valence-corrected chi connectivity index (χ3v) is 6.63. The predicted molar refractivity (Wildman–Crippen MR) is 93.7 cm³/mol. The van der Waals surface area contributed by atoms with Crippen molar-refractivity contribution in [1.29, 1.82) is 0 Å². The van der Waals surface area contributed by atoms with Gasteiger partial charge in [-0.25, -0.2) is 8.42 Å². The van der Waals surface area contributed by atoms with Crippen LogP contribution in [-0.2, 0) is 17.1 Å². The van der Waals surface area contributed by atoms with Crippen LogP contribution < -0.4 is 0 Å². The van der Waals surface area contributed by atoms with E-state index >= 15 is 0 Å². The van der Waals surface area contributed by atoms with Gasteiger partial charge in [-0.2, -0.15) is 4.31 Å². The van der Waals surface area contributed by atoms with Crippen molar-refractivity contribution in [3.05, 3.63) is 48.7 Å². The van der Waals surface area contributed by atoms with Crippen LogP contribution in [0.15, 0.2) is 52.3 Å². The van der Waals surface area contributed by atoms with Crippen LogP contribution in [0.25, 0.3) is 11.3 Å². The molecule has 136 valence electrons. The molecule has 1 aromatic carbocycles. The Bertz CT molecular complexity index is 997. The lowest BCUT2D eigenvalue weighted by atomic mass is 9.99. The van der Waals surface area contributed by atoms with Gasteiger partial charge in [0.1, 0.15) is 12.2 Å². The van der Waals surface area contributed by atoms with Crippen LogP contribution in [0.3, 0.4) is 0 Å². The maximum atomic E-state index is 13.3. The van der Waals surface area contributed by atoms with Crippen molar-refractivity contribution in [1.82, 2.24) is 24.2 Å². The molecule has 0 radical (unpaired) electrons. The largest absolute Gasteiger partial charge is 0.356 e. The second-order valence-corrected chi connectivity index (χ2v) is 8.28. The summed E-state index contributed by atoms with van der Waals surface area (Å²) in [5.41, 5.74) is 0.519. The average molecular weight is 373 g/mol. The highest BCUT2D eigenvalue weighted by molar-refractivity contribution is 7.89. The highest BCUT2D eigenvalue weighted by atomic mass is 32.2. The van der Waals surface area contributed by atoms with E-state index in [-0.39, 0.29) is 10.8 Å². The molecule has 26 heavy (non-hydrogen) atoms. The summed E-state index contributed by atoms with van der Waals surface area (Å²) in [6.45, 7) is 0.876. The minimum absolute atomic E-state index is 0.0310. The van der Waals surface area contributed by atoms with Crippen LogP contribution >= 0.6 is 0 Å². The zero-order valence-corrected chi connectivity index (χ0v) is 15.1. The van der Waals surface area contributed by atoms with E-state index in [1.54, 1.807) is 36.7 Å². The van der Waals surface area contributed by atoms with Crippen molar-refractivity contribution in [3.8, 4) is 11.3 Å². The van der Waals surface area contributed by atoms with Crippen LogP contribution in [0.5, 0.6) is 0 Å². The Labute approximate surface area is 151 Å². The molecule has 9 heteroatoms. The number of aromatic nitrogens is 4. The number of piperidine rings is 1. The fourth-order valence-electron chi connectivity index (χ4n) is 3.42. The molecule has 1 fully saturated rings. The summed E-state index contributed by atoms with van der Waals surface area (Å²) in [7, 11) is -1.79. The Balaban J connectivity index is 1.68. The molecular formula is C17H19N5O3S. The summed E-state index contributed by atoms with van der Waals surface area (Å²) in [5, 5.41) is 11.8. The molecule has 3 aromatic rings. The van der Waals surface area contributed by atoms with Crippen LogP contribution in [-0.4, -0.2) is 45.7 Å². The Morgan fingerprint density at radius 2 is 2.08 bits per heavy atom. The zero-order valence-electron chi connectivity index (χ0n) is 14.3. The Morgan fingerprint density at radius 1 is 1.23 bits per heavy atom. The van der Waals surface area contributed by atoms with Gasteiger partial charge in [-0.05, 0) is 25.0 Å². The standard InChI is InChI=1S/C17H19N5O3S/c1-21-12-18-20-17(21)13-5-4-10-22(11-13)26(23,24)16-7-3-2-6-14(16)15-8-9-19-25-15/h2-3,6-9,12-13H,4-5,10-11H2,1H3. The molecule has 3 heterocycles. The van der Waals surface area contributed by atoms with Crippen LogP contribution in [0.2, 0.25) is 0 Å². The van der Waals surface area contributed by atoms with Crippen molar-refractivity contribution in [3.63, 3.8) is 0 Å². The lowest BCUT2D eigenvalue weighted by molar-refractivity contribution is 0.306. The number of hydrogen-bond acceptors (Lipinski definition) is 6. The van der Waals surface area contributed by atoms with Gasteiger partial charge < -0.3 is 9.09 Å². The first-order valence-electron chi connectivity index (χ1n) is 8.41. The summed E-state index contributed by atoms with van der Waals surface area (Å²) in [6.07, 6.45) is 4.81. The summed E-state index contributed by atoms with van der Waals surface area (Å²) in [4.78, 5) is 0.232. The molecule has 8 nitrogen and oxygen atoms in total. The quantitative estimate of drug-likeness (QED) is 0.695. The van der Waals surface area contributed by atoms with E-state index in [2.05, 4.69) is 15.4 Å².